The number of hydrogen-bond donors (Lipinski definition) is 2. The molecule has 1 heterocycles. The summed E-state index contributed by atoms with van der Waals surface area (Å²) in [6.45, 7) is 8.90. The molecule has 9 nitrogen and oxygen atoms in total. The van der Waals surface area contributed by atoms with Crippen molar-refractivity contribution >= 4 is 41.4 Å². The molecule has 248 valence electrons. The van der Waals surface area contributed by atoms with Crippen LogP contribution in [0, 0.1) is 17.3 Å². The number of halogens is 1. The number of nitrogens with one attached hydrogen (secondary N) is 2. The maximum atomic E-state index is 13.5. The van der Waals surface area contributed by atoms with Crippen LogP contribution in [0.3, 0.4) is 0 Å². The predicted octanol–water partition coefficient (Wildman–Crippen LogP) is 5.70. The Balaban J connectivity index is 1.93. The molecule has 0 radical (unpaired) electrons. The van der Waals surface area contributed by atoms with Crippen LogP contribution in [0.1, 0.15) is 58.6 Å². The van der Waals surface area contributed by atoms with Crippen molar-refractivity contribution < 1.29 is 33.4 Å². The lowest BCUT2D eigenvalue weighted by molar-refractivity contribution is -0.178. The zero-order chi connectivity index (χ0) is 33.9. The highest BCUT2D eigenvalue weighted by molar-refractivity contribution is 6.32. The Bertz CT molecular complexity index is 1420. The van der Waals surface area contributed by atoms with Gasteiger partial charge in [0.2, 0.25) is 11.8 Å². The van der Waals surface area contributed by atoms with Crippen molar-refractivity contribution in [3.05, 3.63) is 82.9 Å². The molecule has 2 aromatic rings. The summed E-state index contributed by atoms with van der Waals surface area (Å²) in [5, 5.41) is 5.90. The van der Waals surface area contributed by atoms with Crippen molar-refractivity contribution in [3.8, 4) is 5.75 Å². The molecule has 0 saturated heterocycles. The monoisotopic (exact) mass is 652 g/mol. The smallest absolute Gasteiger partial charge is 0.347 e. The van der Waals surface area contributed by atoms with Crippen molar-refractivity contribution in [1.82, 2.24) is 10.6 Å². The first-order chi connectivity index (χ1) is 21.8. The molecule has 0 bridgehead atoms. The molecule has 0 aromatic heterocycles. The van der Waals surface area contributed by atoms with Gasteiger partial charge in [-0.25, -0.2) is 4.79 Å². The van der Waals surface area contributed by atoms with Gasteiger partial charge in [-0.1, -0.05) is 87.0 Å². The van der Waals surface area contributed by atoms with Gasteiger partial charge in [-0.3, -0.25) is 14.4 Å². The van der Waals surface area contributed by atoms with Gasteiger partial charge in [0.1, 0.15) is 17.9 Å². The maximum absolute atomic E-state index is 13.5. The molecule has 46 heavy (non-hydrogen) atoms. The first-order valence-electron chi connectivity index (χ1n) is 15.5. The molecule has 2 N–H and O–H groups in total. The van der Waals surface area contributed by atoms with Crippen LogP contribution in [0.25, 0.3) is 6.08 Å². The number of ether oxygens (including phenoxy) is 3. The normalized spacial score (nSPS) is 22.8. The van der Waals surface area contributed by atoms with Gasteiger partial charge >= 0.3 is 11.9 Å². The van der Waals surface area contributed by atoms with Crippen LogP contribution in [0.15, 0.2) is 66.8 Å². The second-order valence-electron chi connectivity index (χ2n) is 12.6. The number of methoxy groups -OCH3 is 1. The molecule has 10 heteroatoms. The van der Waals surface area contributed by atoms with Crippen LogP contribution < -0.4 is 15.4 Å². The van der Waals surface area contributed by atoms with Gasteiger partial charge in [0, 0.05) is 25.3 Å². The Hall–Kier alpha value is -4.11. The summed E-state index contributed by atoms with van der Waals surface area (Å²) in [5.74, 6) is -2.03. The fourth-order valence-electron chi connectivity index (χ4n) is 4.77. The van der Waals surface area contributed by atoms with E-state index in [1.165, 1.54) is 13.2 Å². The van der Waals surface area contributed by atoms with E-state index in [4.69, 9.17) is 25.8 Å². The lowest BCUT2D eigenvalue weighted by Gasteiger charge is -2.29. The molecule has 0 spiro atoms. The molecule has 4 unspecified atom stereocenters. The second kappa shape index (κ2) is 17.0. The van der Waals surface area contributed by atoms with E-state index in [9.17, 15) is 19.2 Å². The first kappa shape index (κ1) is 36.4. The van der Waals surface area contributed by atoms with Gasteiger partial charge < -0.3 is 24.8 Å². The van der Waals surface area contributed by atoms with E-state index in [1.807, 2.05) is 63.3 Å². The number of amides is 2. The average Bonchev–Trinajstić information content (AvgIpc) is 3.01. The Morgan fingerprint density at radius 3 is 2.41 bits per heavy atom. The molecule has 3 rings (SSSR count). The lowest BCUT2D eigenvalue weighted by Crippen LogP contribution is -2.51. The van der Waals surface area contributed by atoms with E-state index in [0.717, 1.165) is 5.56 Å². The summed E-state index contributed by atoms with van der Waals surface area (Å²) < 4.78 is 17.0. The number of rotatable bonds is 8. The third kappa shape index (κ3) is 11.1. The minimum Gasteiger partial charge on any atom is -0.495 e. The first-order valence-corrected chi connectivity index (χ1v) is 15.9. The third-order valence-corrected chi connectivity index (χ3v) is 7.92. The van der Waals surface area contributed by atoms with Crippen LogP contribution in [-0.4, -0.2) is 55.7 Å². The summed E-state index contributed by atoms with van der Waals surface area (Å²) in [6.07, 6.45) is 5.63. The zero-order valence-electron chi connectivity index (χ0n) is 27.4. The van der Waals surface area contributed by atoms with Gasteiger partial charge in [0.15, 0.2) is 6.10 Å². The number of benzene rings is 2. The minimum atomic E-state index is -1.19. The van der Waals surface area contributed by atoms with Crippen LogP contribution in [0.5, 0.6) is 5.75 Å². The van der Waals surface area contributed by atoms with Gasteiger partial charge in [0.25, 0.3) is 0 Å². The summed E-state index contributed by atoms with van der Waals surface area (Å²) in [7, 11) is 1.51. The Morgan fingerprint density at radius 1 is 1.04 bits per heavy atom. The standard InChI is InChI=1S/C36H45ClN2O7/c1-23(2)19-31-34(42)45-29(24(3)15-16-25-11-8-7-9-12-25)13-10-14-32(40)39-28(21-26-17-18-30(44-6)27(37)20-26)33(41)38-22-36(4,5)35(43)46-31/h7-12,14-18,20,23-24,28-29,31H,13,19,21-22H2,1-6H3,(H,38,41)(H,39,40)/b14-10+,16-15+. The predicted molar refractivity (Wildman–Crippen MR) is 178 cm³/mol. The maximum Gasteiger partial charge on any atom is 0.347 e. The average molecular weight is 653 g/mol. The minimum absolute atomic E-state index is 0.0309. The van der Waals surface area contributed by atoms with E-state index < -0.39 is 47.4 Å². The van der Waals surface area contributed by atoms with Crippen LogP contribution in [0.2, 0.25) is 5.02 Å². The molecule has 0 aliphatic carbocycles. The van der Waals surface area contributed by atoms with E-state index in [2.05, 4.69) is 10.6 Å². The van der Waals surface area contributed by atoms with E-state index in [-0.39, 0.29) is 37.6 Å². The van der Waals surface area contributed by atoms with Crippen LogP contribution in [-0.2, 0) is 35.1 Å². The number of carbonyl (C=O) groups is 4. The number of hydrogen-bond acceptors (Lipinski definition) is 7. The summed E-state index contributed by atoms with van der Waals surface area (Å²) in [5.41, 5.74) is 0.497. The Morgan fingerprint density at radius 2 is 1.76 bits per heavy atom. The quantitative estimate of drug-likeness (QED) is 0.351. The van der Waals surface area contributed by atoms with E-state index in [0.29, 0.717) is 16.3 Å². The molecule has 2 aromatic carbocycles. The molecule has 1 aliphatic heterocycles. The van der Waals surface area contributed by atoms with Crippen molar-refractivity contribution in [1.29, 1.82) is 0 Å². The van der Waals surface area contributed by atoms with Crippen molar-refractivity contribution in [2.45, 2.75) is 72.1 Å². The van der Waals surface area contributed by atoms with Crippen molar-refractivity contribution in [2.24, 2.45) is 17.3 Å². The fraction of sp³-hybridized carbons (Fsp3) is 0.444. The summed E-state index contributed by atoms with van der Waals surface area (Å²) in [4.78, 5) is 53.3. The zero-order valence-corrected chi connectivity index (χ0v) is 28.1. The molecule has 0 fully saturated rings. The highest BCUT2D eigenvalue weighted by Crippen LogP contribution is 2.26. The number of esters is 2. The summed E-state index contributed by atoms with van der Waals surface area (Å²) in [6, 6.07) is 13.9. The number of cyclic esters (lactones) is 2. The molecule has 4 atom stereocenters. The fourth-order valence-corrected chi connectivity index (χ4v) is 5.05. The van der Waals surface area contributed by atoms with Crippen molar-refractivity contribution in [2.75, 3.05) is 13.7 Å². The van der Waals surface area contributed by atoms with Gasteiger partial charge in [-0.15, -0.1) is 0 Å². The largest absolute Gasteiger partial charge is 0.495 e. The second-order valence-corrected chi connectivity index (χ2v) is 13.0. The van der Waals surface area contributed by atoms with Crippen LogP contribution >= 0.6 is 11.6 Å². The highest BCUT2D eigenvalue weighted by atomic mass is 35.5. The van der Waals surface area contributed by atoms with Gasteiger partial charge in [-0.05, 0) is 55.5 Å². The highest BCUT2D eigenvalue weighted by Gasteiger charge is 2.37. The van der Waals surface area contributed by atoms with Crippen LogP contribution in [0.4, 0.5) is 0 Å². The van der Waals surface area contributed by atoms with Crippen molar-refractivity contribution in [3.63, 3.8) is 0 Å². The molecule has 1 aliphatic rings. The molecular formula is C36H45ClN2O7. The van der Waals surface area contributed by atoms with Gasteiger partial charge in [0.05, 0.1) is 17.5 Å². The SMILES string of the molecule is COc1ccc(CC2NC(=O)/C=C/CC(C(C)/C=C/c3ccccc3)OC(=O)C(CC(C)C)OC(=O)C(C)(C)CNC2=O)cc1Cl. The van der Waals surface area contributed by atoms with E-state index >= 15 is 0 Å². The van der Waals surface area contributed by atoms with Gasteiger partial charge in [-0.2, -0.15) is 0 Å². The number of carbonyl (C=O) groups excluding carboxylic acids is 4. The molecular weight excluding hydrogens is 608 g/mol. The molecule has 2 amide bonds. The Labute approximate surface area is 276 Å². The Kier molecular flexibility index (Phi) is 13.4. The summed E-state index contributed by atoms with van der Waals surface area (Å²) >= 11 is 6.31. The lowest BCUT2D eigenvalue weighted by atomic mass is 9.93. The van der Waals surface area contributed by atoms with E-state index in [1.54, 1.807) is 38.1 Å². The topological polar surface area (TPSA) is 120 Å². The third-order valence-electron chi connectivity index (χ3n) is 7.63. The molecule has 0 saturated carbocycles.